The van der Waals surface area contributed by atoms with Crippen molar-refractivity contribution >= 4 is 0 Å². The van der Waals surface area contributed by atoms with E-state index in [1.807, 2.05) is 24.3 Å². The molecule has 37 heavy (non-hydrogen) atoms. The van der Waals surface area contributed by atoms with Gasteiger partial charge in [0.1, 0.15) is 23.3 Å². The largest absolute Gasteiger partial charge is 0.253 e. The lowest BCUT2D eigenvalue weighted by Crippen LogP contribution is -2.01. The smallest absolute Gasteiger partial charge is 0.135 e. The van der Waals surface area contributed by atoms with Crippen LogP contribution in [-0.2, 0) is 25.7 Å². The fourth-order valence-electron chi connectivity index (χ4n) is 4.54. The van der Waals surface area contributed by atoms with Crippen LogP contribution in [0.15, 0.2) is 60.7 Å². The summed E-state index contributed by atoms with van der Waals surface area (Å²) in [6.07, 6.45) is 5.57. The van der Waals surface area contributed by atoms with Gasteiger partial charge in [-0.2, -0.15) is 0 Å². The third-order valence-electron chi connectivity index (χ3n) is 6.23. The van der Waals surface area contributed by atoms with Gasteiger partial charge in [0.2, 0.25) is 0 Å². The van der Waals surface area contributed by atoms with Crippen LogP contribution < -0.4 is 0 Å². The molecule has 2 aromatic heterocycles. The molecule has 0 atom stereocenters. The lowest BCUT2D eigenvalue weighted by atomic mass is 10.0. The van der Waals surface area contributed by atoms with Crippen molar-refractivity contribution in [2.24, 2.45) is 0 Å². The Bertz CT molecular complexity index is 1280. The summed E-state index contributed by atoms with van der Waals surface area (Å²) >= 11 is 0. The molecule has 2 heterocycles. The van der Waals surface area contributed by atoms with Crippen LogP contribution in [0, 0.1) is 23.3 Å². The van der Waals surface area contributed by atoms with Gasteiger partial charge in [-0.1, -0.05) is 26.7 Å². The number of rotatable bonds is 10. The minimum Gasteiger partial charge on any atom is -0.253 e. The quantitative estimate of drug-likeness (QED) is 0.202. The Morgan fingerprint density at radius 1 is 0.541 bits per heavy atom. The van der Waals surface area contributed by atoms with Crippen LogP contribution in [0.5, 0.6) is 0 Å². The molecule has 0 aliphatic carbocycles. The first-order valence-corrected chi connectivity index (χ1v) is 12.8. The Balaban J connectivity index is 1.57. The maximum absolute atomic E-state index is 14.5. The maximum Gasteiger partial charge on any atom is 0.135 e. The monoisotopic (exact) mass is 506 g/mol. The van der Waals surface area contributed by atoms with Crippen LogP contribution in [0.4, 0.5) is 17.6 Å². The number of aromatic nitrogens is 2. The Hall–Kier alpha value is -3.54. The Labute approximate surface area is 215 Å². The van der Waals surface area contributed by atoms with Gasteiger partial charge in [0.25, 0.3) is 0 Å². The molecule has 0 fully saturated rings. The topological polar surface area (TPSA) is 25.8 Å². The zero-order valence-electron chi connectivity index (χ0n) is 21.1. The molecule has 4 rings (SSSR count). The van der Waals surface area contributed by atoms with Gasteiger partial charge in [0, 0.05) is 34.6 Å². The molecule has 2 nitrogen and oxygen atoms in total. The molecule has 192 valence electrons. The predicted molar refractivity (Wildman–Crippen MR) is 139 cm³/mol. The van der Waals surface area contributed by atoms with Gasteiger partial charge in [-0.15, -0.1) is 0 Å². The van der Waals surface area contributed by atoms with E-state index in [4.69, 9.17) is 0 Å². The van der Waals surface area contributed by atoms with Crippen LogP contribution in [0.2, 0.25) is 0 Å². The fraction of sp³-hybridized carbons (Fsp3) is 0.290. The first kappa shape index (κ1) is 26.5. The Morgan fingerprint density at radius 3 is 1.35 bits per heavy atom. The number of hydrogen-bond acceptors (Lipinski definition) is 2. The second-order valence-electron chi connectivity index (χ2n) is 9.31. The second-order valence-corrected chi connectivity index (χ2v) is 9.31. The summed E-state index contributed by atoms with van der Waals surface area (Å²) in [5, 5.41) is 0. The van der Waals surface area contributed by atoms with E-state index in [1.165, 1.54) is 24.3 Å². The van der Waals surface area contributed by atoms with E-state index < -0.39 is 23.3 Å². The Morgan fingerprint density at radius 2 is 0.973 bits per heavy atom. The van der Waals surface area contributed by atoms with Crippen molar-refractivity contribution in [3.8, 4) is 22.5 Å². The Kier molecular flexibility index (Phi) is 8.70. The first-order chi connectivity index (χ1) is 17.9. The molecule has 0 saturated heterocycles. The van der Waals surface area contributed by atoms with E-state index in [0.29, 0.717) is 24.2 Å². The number of nitrogens with zero attached hydrogens (tertiary/aromatic N) is 2. The molecule has 0 aliphatic heterocycles. The normalized spacial score (nSPS) is 11.2. The first-order valence-electron chi connectivity index (χ1n) is 12.8. The number of halogens is 4. The van der Waals surface area contributed by atoms with Crippen LogP contribution in [0.1, 0.15) is 55.6 Å². The van der Waals surface area contributed by atoms with Crippen LogP contribution in [-0.4, -0.2) is 9.97 Å². The molecule has 6 heteroatoms. The van der Waals surface area contributed by atoms with Gasteiger partial charge >= 0.3 is 0 Å². The van der Waals surface area contributed by atoms with E-state index in [9.17, 15) is 17.6 Å². The van der Waals surface area contributed by atoms with E-state index in [-0.39, 0.29) is 11.1 Å². The summed E-state index contributed by atoms with van der Waals surface area (Å²) in [4.78, 5) is 9.34. The van der Waals surface area contributed by atoms with Gasteiger partial charge in [-0.3, -0.25) is 9.97 Å². The molecule has 2 aromatic carbocycles. The molecular formula is C31H30F4N2. The van der Waals surface area contributed by atoms with Gasteiger partial charge < -0.3 is 0 Å². The van der Waals surface area contributed by atoms with Crippen molar-refractivity contribution in [2.75, 3.05) is 0 Å². The van der Waals surface area contributed by atoms with Crippen LogP contribution >= 0.6 is 0 Å². The van der Waals surface area contributed by atoms with Gasteiger partial charge in [0.15, 0.2) is 0 Å². The van der Waals surface area contributed by atoms with Crippen molar-refractivity contribution < 1.29 is 17.6 Å². The zero-order valence-corrected chi connectivity index (χ0v) is 21.1. The third kappa shape index (κ3) is 6.82. The molecule has 0 unspecified atom stereocenters. The highest BCUT2D eigenvalue weighted by atomic mass is 19.1. The lowest BCUT2D eigenvalue weighted by Gasteiger charge is -2.11. The lowest BCUT2D eigenvalue weighted by molar-refractivity contribution is 0.584. The molecule has 0 bridgehead atoms. The van der Waals surface area contributed by atoms with Gasteiger partial charge in [-0.25, -0.2) is 17.6 Å². The van der Waals surface area contributed by atoms with Gasteiger partial charge in [-0.05, 0) is 91.8 Å². The SMILES string of the molecule is CCCc1cc(CCCc2cc(CCC)cc(-c3ccc(F)cc3F)n2)nc(-c2ccc(F)cc2F)c1. The summed E-state index contributed by atoms with van der Waals surface area (Å²) in [5.41, 5.74) is 5.33. The van der Waals surface area contributed by atoms with Crippen molar-refractivity contribution in [3.05, 3.63) is 106 Å². The molecule has 0 radical (unpaired) electrons. The number of pyridine rings is 2. The zero-order chi connectivity index (χ0) is 26.4. The van der Waals surface area contributed by atoms with Crippen molar-refractivity contribution in [3.63, 3.8) is 0 Å². The minimum absolute atomic E-state index is 0.278. The maximum atomic E-state index is 14.5. The summed E-state index contributed by atoms with van der Waals surface area (Å²) in [6.45, 7) is 4.16. The summed E-state index contributed by atoms with van der Waals surface area (Å²) < 4.78 is 55.7. The average molecular weight is 507 g/mol. The highest BCUT2D eigenvalue weighted by Crippen LogP contribution is 2.26. The summed E-state index contributed by atoms with van der Waals surface area (Å²) in [5.74, 6) is -2.51. The number of aryl methyl sites for hydroxylation is 4. The standard InChI is InChI=1S/C31H30F4N2/c1-3-6-20-14-24(36-30(16-20)26-12-10-22(32)18-28(26)34)8-5-9-25-15-21(7-4-2)17-31(37-25)27-13-11-23(33)19-29(27)35/h10-19H,3-9H2,1-2H3. The molecule has 0 N–H and O–H groups in total. The predicted octanol–water partition coefficient (Wildman–Crippen LogP) is 8.45. The molecular weight excluding hydrogens is 476 g/mol. The van der Waals surface area contributed by atoms with Crippen molar-refractivity contribution in [1.29, 1.82) is 0 Å². The molecule has 0 saturated carbocycles. The van der Waals surface area contributed by atoms with E-state index in [0.717, 1.165) is 66.8 Å². The molecule has 0 aliphatic rings. The highest BCUT2D eigenvalue weighted by molar-refractivity contribution is 5.62. The summed E-state index contributed by atoms with van der Waals surface area (Å²) in [7, 11) is 0. The minimum atomic E-state index is -0.635. The number of hydrogen-bond donors (Lipinski definition) is 0. The molecule has 0 amide bonds. The third-order valence-corrected chi connectivity index (χ3v) is 6.23. The van der Waals surface area contributed by atoms with Crippen molar-refractivity contribution in [1.82, 2.24) is 9.97 Å². The highest BCUT2D eigenvalue weighted by Gasteiger charge is 2.13. The second kappa shape index (κ2) is 12.1. The fourth-order valence-corrected chi connectivity index (χ4v) is 4.54. The summed E-state index contributed by atoms with van der Waals surface area (Å²) in [6, 6.07) is 14.9. The van der Waals surface area contributed by atoms with Gasteiger partial charge in [0.05, 0.1) is 11.4 Å². The molecule has 0 spiro atoms. The van der Waals surface area contributed by atoms with E-state index in [2.05, 4.69) is 23.8 Å². The van der Waals surface area contributed by atoms with E-state index >= 15 is 0 Å². The molecule has 4 aromatic rings. The van der Waals surface area contributed by atoms with E-state index in [1.54, 1.807) is 0 Å². The van der Waals surface area contributed by atoms with Crippen LogP contribution in [0.25, 0.3) is 22.5 Å². The van der Waals surface area contributed by atoms with Crippen molar-refractivity contribution in [2.45, 2.75) is 58.8 Å². The average Bonchev–Trinajstić information content (AvgIpc) is 2.84. The number of benzene rings is 2. The van der Waals surface area contributed by atoms with Crippen LogP contribution in [0.3, 0.4) is 0 Å².